The number of aromatic nitrogens is 3. The number of anilines is 1. The maximum atomic E-state index is 12.5. The molecule has 1 aliphatic rings. The Balaban J connectivity index is 1.67. The molecule has 0 bridgehead atoms. The molecule has 1 aliphatic carbocycles. The van der Waals surface area contributed by atoms with Gasteiger partial charge in [-0.3, -0.25) is 4.79 Å². The molecule has 1 heterocycles. The molecule has 3 rings (SSSR count). The van der Waals surface area contributed by atoms with Crippen molar-refractivity contribution in [3.05, 3.63) is 36.7 Å². The average molecular weight is 417 g/mol. The van der Waals surface area contributed by atoms with E-state index in [4.69, 9.17) is 9.47 Å². The highest BCUT2D eigenvalue weighted by molar-refractivity contribution is 7.99. The summed E-state index contributed by atoms with van der Waals surface area (Å²) in [5.41, 5.74) is 0.577. The number of nitrogens with zero attached hydrogens (tertiary/aromatic N) is 3. The summed E-state index contributed by atoms with van der Waals surface area (Å²) in [4.78, 5) is 12.5. The van der Waals surface area contributed by atoms with Crippen molar-refractivity contribution in [2.24, 2.45) is 0 Å². The second-order valence-corrected chi connectivity index (χ2v) is 7.92. The molecule has 0 radical (unpaired) electrons. The van der Waals surface area contributed by atoms with Gasteiger partial charge >= 0.3 is 0 Å². The van der Waals surface area contributed by atoms with Crippen LogP contribution >= 0.6 is 11.8 Å². The van der Waals surface area contributed by atoms with Gasteiger partial charge < -0.3 is 19.4 Å². The zero-order chi connectivity index (χ0) is 20.6. The zero-order valence-corrected chi connectivity index (χ0v) is 17.8. The molecule has 0 atom stereocenters. The molecule has 29 heavy (non-hydrogen) atoms. The molecule has 0 unspecified atom stereocenters. The summed E-state index contributed by atoms with van der Waals surface area (Å²) >= 11 is 1.38. The Morgan fingerprint density at radius 3 is 2.76 bits per heavy atom. The first kappa shape index (κ1) is 21.2. The maximum absolute atomic E-state index is 12.5. The fourth-order valence-electron chi connectivity index (χ4n) is 3.60. The first-order valence-corrected chi connectivity index (χ1v) is 10.8. The monoisotopic (exact) mass is 416 g/mol. The van der Waals surface area contributed by atoms with Crippen LogP contribution in [0.3, 0.4) is 0 Å². The lowest BCUT2D eigenvalue weighted by Gasteiger charge is -2.21. The van der Waals surface area contributed by atoms with Crippen molar-refractivity contribution in [3.63, 3.8) is 0 Å². The normalized spacial score (nSPS) is 14.4. The number of carbonyl (C=O) groups is 1. The molecule has 8 heteroatoms. The van der Waals surface area contributed by atoms with Gasteiger partial charge in [-0.05, 0) is 25.0 Å². The van der Waals surface area contributed by atoms with Crippen LogP contribution < -0.4 is 14.8 Å². The van der Waals surface area contributed by atoms with Crippen LogP contribution in [0.25, 0.3) is 0 Å². The van der Waals surface area contributed by atoms with Crippen molar-refractivity contribution in [2.45, 2.75) is 49.7 Å². The van der Waals surface area contributed by atoms with E-state index in [2.05, 4.69) is 26.7 Å². The van der Waals surface area contributed by atoms with E-state index >= 15 is 0 Å². The first-order valence-electron chi connectivity index (χ1n) is 9.85. The molecule has 1 N–H and O–H groups in total. The smallest absolute Gasteiger partial charge is 0.234 e. The summed E-state index contributed by atoms with van der Waals surface area (Å²) in [6.45, 7) is 4.50. The third kappa shape index (κ3) is 5.32. The van der Waals surface area contributed by atoms with Gasteiger partial charge in [0, 0.05) is 18.5 Å². The van der Waals surface area contributed by atoms with Crippen molar-refractivity contribution < 1.29 is 14.3 Å². The van der Waals surface area contributed by atoms with E-state index in [9.17, 15) is 4.79 Å². The van der Waals surface area contributed by atoms with Gasteiger partial charge in [0.2, 0.25) is 5.91 Å². The van der Waals surface area contributed by atoms with E-state index in [1.165, 1.54) is 31.0 Å². The third-order valence-corrected chi connectivity index (χ3v) is 6.01. The number of thioether (sulfide) groups is 1. The van der Waals surface area contributed by atoms with Gasteiger partial charge in [0.1, 0.15) is 17.3 Å². The Hall–Kier alpha value is -2.48. The second kappa shape index (κ2) is 10.3. The van der Waals surface area contributed by atoms with Crippen molar-refractivity contribution in [1.29, 1.82) is 0 Å². The molecule has 1 aromatic carbocycles. The Labute approximate surface area is 175 Å². The van der Waals surface area contributed by atoms with Crippen LogP contribution in [0.1, 0.15) is 43.8 Å². The van der Waals surface area contributed by atoms with E-state index in [0.717, 1.165) is 23.8 Å². The molecule has 1 aromatic heterocycles. The third-order valence-electron chi connectivity index (χ3n) is 5.04. The number of carbonyl (C=O) groups excluding carboxylic acids is 1. The topological polar surface area (TPSA) is 78.3 Å². The van der Waals surface area contributed by atoms with Crippen LogP contribution in [0.4, 0.5) is 5.69 Å². The average Bonchev–Trinajstić information content (AvgIpc) is 3.15. The van der Waals surface area contributed by atoms with Crippen molar-refractivity contribution in [2.75, 3.05) is 25.3 Å². The Morgan fingerprint density at radius 1 is 1.28 bits per heavy atom. The van der Waals surface area contributed by atoms with Crippen LogP contribution in [-0.2, 0) is 11.3 Å². The Morgan fingerprint density at radius 2 is 2.07 bits per heavy atom. The fraction of sp³-hybridized carbons (Fsp3) is 0.476. The SMILES string of the molecule is C=CCn1c(SCC(=O)Nc2cc(OC)ccc2OC)nnc1C1CCCCC1. The highest BCUT2D eigenvalue weighted by Crippen LogP contribution is 2.33. The van der Waals surface area contributed by atoms with Gasteiger partial charge in [-0.1, -0.05) is 37.1 Å². The molecule has 2 aromatic rings. The number of nitrogens with one attached hydrogen (secondary N) is 1. The van der Waals surface area contributed by atoms with Gasteiger partial charge in [0.15, 0.2) is 5.16 Å². The second-order valence-electron chi connectivity index (χ2n) is 6.98. The molecule has 0 spiro atoms. The molecule has 0 saturated heterocycles. The predicted octanol–water partition coefficient (Wildman–Crippen LogP) is 4.26. The highest BCUT2D eigenvalue weighted by atomic mass is 32.2. The van der Waals surface area contributed by atoms with Gasteiger partial charge in [0.05, 0.1) is 25.7 Å². The fourth-order valence-corrected chi connectivity index (χ4v) is 4.35. The first-order chi connectivity index (χ1) is 14.2. The summed E-state index contributed by atoms with van der Waals surface area (Å²) in [6.07, 6.45) is 7.91. The molecular formula is C21H28N4O3S. The number of allylic oxidation sites excluding steroid dienone is 1. The van der Waals surface area contributed by atoms with Crippen LogP contribution in [-0.4, -0.2) is 40.6 Å². The molecule has 1 saturated carbocycles. The Kier molecular flexibility index (Phi) is 7.57. The molecule has 1 amide bonds. The minimum Gasteiger partial charge on any atom is -0.497 e. The van der Waals surface area contributed by atoms with Crippen LogP contribution in [0.15, 0.2) is 36.0 Å². The Bertz CT molecular complexity index is 846. The summed E-state index contributed by atoms with van der Waals surface area (Å²) in [5, 5.41) is 12.4. The summed E-state index contributed by atoms with van der Waals surface area (Å²) in [6, 6.07) is 5.29. The van der Waals surface area contributed by atoms with Crippen molar-refractivity contribution >= 4 is 23.4 Å². The molecule has 1 fully saturated rings. The summed E-state index contributed by atoms with van der Waals surface area (Å²) < 4.78 is 12.6. The van der Waals surface area contributed by atoms with Crippen molar-refractivity contribution in [1.82, 2.24) is 14.8 Å². The number of hydrogen-bond acceptors (Lipinski definition) is 6. The zero-order valence-electron chi connectivity index (χ0n) is 17.0. The number of ether oxygens (including phenoxy) is 2. The molecule has 156 valence electrons. The lowest BCUT2D eigenvalue weighted by Crippen LogP contribution is -2.16. The lowest BCUT2D eigenvalue weighted by molar-refractivity contribution is -0.113. The lowest BCUT2D eigenvalue weighted by atomic mass is 9.89. The predicted molar refractivity (Wildman–Crippen MR) is 115 cm³/mol. The van der Waals surface area contributed by atoms with E-state index in [0.29, 0.717) is 29.6 Å². The molecule has 0 aliphatic heterocycles. The molecule has 7 nitrogen and oxygen atoms in total. The van der Waals surface area contributed by atoms with Crippen LogP contribution in [0.2, 0.25) is 0 Å². The summed E-state index contributed by atoms with van der Waals surface area (Å²) in [7, 11) is 3.15. The van der Waals surface area contributed by atoms with E-state index in [-0.39, 0.29) is 11.7 Å². The number of methoxy groups -OCH3 is 2. The van der Waals surface area contributed by atoms with E-state index in [1.807, 2.05) is 6.08 Å². The maximum Gasteiger partial charge on any atom is 0.234 e. The quantitative estimate of drug-likeness (QED) is 0.486. The highest BCUT2D eigenvalue weighted by Gasteiger charge is 2.23. The minimum absolute atomic E-state index is 0.145. The molecular weight excluding hydrogens is 388 g/mol. The van der Waals surface area contributed by atoms with Gasteiger partial charge in [-0.15, -0.1) is 16.8 Å². The van der Waals surface area contributed by atoms with E-state index in [1.54, 1.807) is 32.4 Å². The van der Waals surface area contributed by atoms with Gasteiger partial charge in [0.25, 0.3) is 0 Å². The van der Waals surface area contributed by atoms with Gasteiger partial charge in [-0.25, -0.2) is 0 Å². The largest absolute Gasteiger partial charge is 0.497 e. The van der Waals surface area contributed by atoms with Gasteiger partial charge in [-0.2, -0.15) is 0 Å². The van der Waals surface area contributed by atoms with Crippen molar-refractivity contribution in [3.8, 4) is 11.5 Å². The van der Waals surface area contributed by atoms with Crippen LogP contribution in [0.5, 0.6) is 11.5 Å². The number of rotatable bonds is 9. The summed E-state index contributed by atoms with van der Waals surface area (Å²) in [5.74, 6) is 2.77. The van der Waals surface area contributed by atoms with E-state index < -0.39 is 0 Å². The standard InChI is InChI=1S/C21H28N4O3S/c1-4-12-25-20(15-8-6-5-7-9-15)23-24-21(25)29-14-19(26)22-17-13-16(27-2)10-11-18(17)28-3/h4,10-11,13,15H,1,5-9,12,14H2,2-3H3,(H,22,26). The number of amides is 1. The number of benzene rings is 1. The van der Waals surface area contributed by atoms with Crippen LogP contribution in [0, 0.1) is 0 Å². The number of hydrogen-bond donors (Lipinski definition) is 1. The minimum atomic E-state index is -0.145.